The van der Waals surface area contributed by atoms with Crippen molar-refractivity contribution in [2.75, 3.05) is 6.54 Å². The fraction of sp³-hybridized carbons (Fsp3) is 0.667. The minimum absolute atomic E-state index is 0.0748. The van der Waals surface area contributed by atoms with E-state index in [1.165, 1.54) is 0 Å². The molecule has 1 saturated carbocycles. The second-order valence-corrected chi connectivity index (χ2v) is 5.88. The Morgan fingerprint density at radius 1 is 1.58 bits per heavy atom. The van der Waals surface area contributed by atoms with Crippen molar-refractivity contribution >= 4 is 5.91 Å². The molecule has 0 saturated heterocycles. The summed E-state index contributed by atoms with van der Waals surface area (Å²) in [5, 5.41) is 3.05. The van der Waals surface area contributed by atoms with E-state index in [1.54, 1.807) is 6.26 Å². The average Bonchev–Trinajstić information content (AvgIpc) is 2.94. The summed E-state index contributed by atoms with van der Waals surface area (Å²) < 4.78 is 5.32. The SMILES string of the molecule is CC1CCC(CN)(C(=O)N[C@@H](C)c2ccco2)CC1. The summed E-state index contributed by atoms with van der Waals surface area (Å²) in [7, 11) is 0. The van der Waals surface area contributed by atoms with Crippen LogP contribution in [0, 0.1) is 11.3 Å². The van der Waals surface area contributed by atoms with Gasteiger partial charge in [0.1, 0.15) is 5.76 Å². The van der Waals surface area contributed by atoms with Crippen molar-refractivity contribution in [1.29, 1.82) is 0 Å². The van der Waals surface area contributed by atoms with E-state index in [9.17, 15) is 4.79 Å². The van der Waals surface area contributed by atoms with Gasteiger partial charge >= 0.3 is 0 Å². The molecular weight excluding hydrogens is 240 g/mol. The zero-order chi connectivity index (χ0) is 13.9. The van der Waals surface area contributed by atoms with Crippen LogP contribution in [-0.2, 0) is 4.79 Å². The van der Waals surface area contributed by atoms with Crippen molar-refractivity contribution < 1.29 is 9.21 Å². The van der Waals surface area contributed by atoms with Crippen LogP contribution in [0.15, 0.2) is 22.8 Å². The smallest absolute Gasteiger partial charge is 0.228 e. The second kappa shape index (κ2) is 5.78. The molecule has 4 nitrogen and oxygen atoms in total. The third kappa shape index (κ3) is 3.00. The molecule has 106 valence electrons. The van der Waals surface area contributed by atoms with Gasteiger partial charge < -0.3 is 15.5 Å². The van der Waals surface area contributed by atoms with Crippen molar-refractivity contribution in [3.05, 3.63) is 24.2 Å². The first-order chi connectivity index (χ1) is 9.07. The minimum atomic E-state index is -0.382. The summed E-state index contributed by atoms with van der Waals surface area (Å²) in [4.78, 5) is 12.5. The average molecular weight is 264 g/mol. The Balaban J connectivity index is 2.01. The fourth-order valence-electron chi connectivity index (χ4n) is 2.80. The Morgan fingerprint density at radius 2 is 2.26 bits per heavy atom. The predicted octanol–water partition coefficient (Wildman–Crippen LogP) is 2.61. The summed E-state index contributed by atoms with van der Waals surface area (Å²) in [5.41, 5.74) is 5.51. The van der Waals surface area contributed by atoms with Crippen molar-refractivity contribution in [2.24, 2.45) is 17.1 Å². The molecular formula is C15H24N2O2. The van der Waals surface area contributed by atoms with Gasteiger partial charge in [-0.3, -0.25) is 4.79 Å². The highest BCUT2D eigenvalue weighted by molar-refractivity contribution is 5.83. The summed E-state index contributed by atoms with van der Waals surface area (Å²) in [5.74, 6) is 1.56. The molecule has 3 N–H and O–H groups in total. The van der Waals surface area contributed by atoms with E-state index in [-0.39, 0.29) is 17.4 Å². The molecule has 1 heterocycles. The van der Waals surface area contributed by atoms with Crippen LogP contribution in [0.25, 0.3) is 0 Å². The van der Waals surface area contributed by atoms with E-state index in [4.69, 9.17) is 10.2 Å². The van der Waals surface area contributed by atoms with Crippen LogP contribution < -0.4 is 11.1 Å². The fourth-order valence-corrected chi connectivity index (χ4v) is 2.80. The normalized spacial score (nSPS) is 28.9. The summed E-state index contributed by atoms with van der Waals surface area (Å²) in [6.45, 7) is 4.60. The first-order valence-electron chi connectivity index (χ1n) is 7.12. The number of carbonyl (C=O) groups excluding carboxylic acids is 1. The molecule has 1 fully saturated rings. The van der Waals surface area contributed by atoms with Crippen molar-refractivity contribution in [3.63, 3.8) is 0 Å². The minimum Gasteiger partial charge on any atom is -0.467 e. The van der Waals surface area contributed by atoms with Gasteiger partial charge in [0.05, 0.1) is 17.7 Å². The summed E-state index contributed by atoms with van der Waals surface area (Å²) >= 11 is 0. The van der Waals surface area contributed by atoms with E-state index >= 15 is 0 Å². The van der Waals surface area contributed by atoms with Crippen LogP contribution in [0.1, 0.15) is 51.3 Å². The van der Waals surface area contributed by atoms with E-state index in [1.807, 2.05) is 19.1 Å². The molecule has 1 aliphatic rings. The van der Waals surface area contributed by atoms with Crippen LogP contribution >= 0.6 is 0 Å². The Bertz CT molecular complexity index is 406. The van der Waals surface area contributed by atoms with Crippen LogP contribution in [0.3, 0.4) is 0 Å². The molecule has 0 radical (unpaired) electrons. The molecule has 1 aliphatic carbocycles. The van der Waals surface area contributed by atoms with Crippen molar-refractivity contribution in [2.45, 2.75) is 45.6 Å². The van der Waals surface area contributed by atoms with Gasteiger partial charge in [0.25, 0.3) is 0 Å². The summed E-state index contributed by atoms with van der Waals surface area (Å²) in [6, 6.07) is 3.60. The third-order valence-electron chi connectivity index (χ3n) is 4.42. The topological polar surface area (TPSA) is 68.3 Å². The molecule has 1 aromatic rings. The number of nitrogens with two attached hydrogens (primary N) is 1. The highest BCUT2D eigenvalue weighted by Gasteiger charge is 2.40. The maximum absolute atomic E-state index is 12.5. The number of carbonyl (C=O) groups is 1. The Kier molecular flexibility index (Phi) is 4.30. The summed E-state index contributed by atoms with van der Waals surface area (Å²) in [6.07, 6.45) is 5.57. The standard InChI is InChI=1S/C15H24N2O2/c1-11-5-7-15(10-16,8-6-11)14(18)17-12(2)13-4-3-9-19-13/h3-4,9,11-12H,5-8,10,16H2,1-2H3,(H,17,18)/t11?,12-,15?/m0/s1. The number of hydrogen-bond acceptors (Lipinski definition) is 3. The number of amides is 1. The molecule has 1 amide bonds. The maximum Gasteiger partial charge on any atom is 0.228 e. The van der Waals surface area contributed by atoms with Crippen LogP contribution in [0.4, 0.5) is 0 Å². The van der Waals surface area contributed by atoms with E-state index in [0.29, 0.717) is 12.5 Å². The number of hydrogen-bond donors (Lipinski definition) is 2. The van der Waals surface area contributed by atoms with Gasteiger partial charge in [-0.1, -0.05) is 6.92 Å². The maximum atomic E-state index is 12.5. The van der Waals surface area contributed by atoms with Crippen molar-refractivity contribution in [1.82, 2.24) is 5.32 Å². The number of rotatable bonds is 4. The monoisotopic (exact) mass is 264 g/mol. The molecule has 0 aliphatic heterocycles. The quantitative estimate of drug-likeness (QED) is 0.878. The molecule has 1 atom stereocenters. The highest BCUT2D eigenvalue weighted by Crippen LogP contribution is 2.38. The van der Waals surface area contributed by atoms with Gasteiger partial charge in [-0.15, -0.1) is 0 Å². The van der Waals surface area contributed by atoms with E-state index in [2.05, 4.69) is 12.2 Å². The molecule has 0 unspecified atom stereocenters. The largest absolute Gasteiger partial charge is 0.467 e. The van der Waals surface area contributed by atoms with Gasteiger partial charge in [-0.2, -0.15) is 0 Å². The number of furan rings is 1. The lowest BCUT2D eigenvalue weighted by Crippen LogP contribution is -2.48. The van der Waals surface area contributed by atoms with Gasteiger partial charge in [-0.05, 0) is 50.7 Å². The zero-order valence-corrected chi connectivity index (χ0v) is 11.8. The van der Waals surface area contributed by atoms with Gasteiger partial charge in [-0.25, -0.2) is 0 Å². The molecule has 0 aromatic carbocycles. The lowest BCUT2D eigenvalue weighted by atomic mass is 9.70. The number of nitrogens with one attached hydrogen (secondary N) is 1. The zero-order valence-electron chi connectivity index (χ0n) is 11.8. The first-order valence-corrected chi connectivity index (χ1v) is 7.12. The van der Waals surface area contributed by atoms with E-state index in [0.717, 1.165) is 31.4 Å². The molecule has 19 heavy (non-hydrogen) atoms. The second-order valence-electron chi connectivity index (χ2n) is 5.88. The molecule has 0 bridgehead atoms. The van der Waals surface area contributed by atoms with Gasteiger partial charge in [0.2, 0.25) is 5.91 Å². The third-order valence-corrected chi connectivity index (χ3v) is 4.42. The first kappa shape index (κ1) is 14.1. The highest BCUT2D eigenvalue weighted by atomic mass is 16.3. The van der Waals surface area contributed by atoms with Crippen LogP contribution in [0.5, 0.6) is 0 Å². The Labute approximate surface area is 114 Å². The molecule has 2 rings (SSSR count). The van der Waals surface area contributed by atoms with Crippen molar-refractivity contribution in [3.8, 4) is 0 Å². The lowest BCUT2D eigenvalue weighted by molar-refractivity contribution is -0.133. The lowest BCUT2D eigenvalue weighted by Gasteiger charge is -2.37. The predicted molar refractivity (Wildman–Crippen MR) is 74.4 cm³/mol. The van der Waals surface area contributed by atoms with Gasteiger partial charge in [0.15, 0.2) is 0 Å². The van der Waals surface area contributed by atoms with Gasteiger partial charge in [0, 0.05) is 6.54 Å². The Morgan fingerprint density at radius 3 is 2.79 bits per heavy atom. The molecule has 4 heteroatoms. The molecule has 0 spiro atoms. The Hall–Kier alpha value is -1.29. The van der Waals surface area contributed by atoms with E-state index < -0.39 is 0 Å². The van der Waals surface area contributed by atoms with Crippen LogP contribution in [-0.4, -0.2) is 12.5 Å². The molecule has 1 aromatic heterocycles. The van der Waals surface area contributed by atoms with Crippen LogP contribution in [0.2, 0.25) is 0 Å².